The Labute approximate surface area is 207 Å². The van der Waals surface area contributed by atoms with Crippen LogP contribution in [0.15, 0.2) is 54.0 Å². The lowest BCUT2D eigenvalue weighted by Gasteiger charge is -2.28. The molecule has 10 heteroatoms. The number of carbonyl (C=O) groups excluding carboxylic acids is 1. The molecule has 0 spiro atoms. The molecule has 1 N–H and O–H groups in total. The van der Waals surface area contributed by atoms with Crippen LogP contribution < -0.4 is 14.8 Å². The van der Waals surface area contributed by atoms with Gasteiger partial charge in [-0.2, -0.15) is 10.1 Å². The maximum Gasteiger partial charge on any atom is 0.338 e. The number of allylic oxidation sites excluding steroid dienone is 1. The lowest BCUT2D eigenvalue weighted by Crippen LogP contribution is -2.29. The fourth-order valence-electron chi connectivity index (χ4n) is 3.75. The smallest absolute Gasteiger partial charge is 0.338 e. The van der Waals surface area contributed by atoms with Crippen molar-refractivity contribution in [2.24, 2.45) is 0 Å². The van der Waals surface area contributed by atoms with Gasteiger partial charge in [-0.25, -0.2) is 9.48 Å². The standard InChI is InChI=1S/C24H24Cl2N4O4/c1-4-32-20-11-16(7-9-19(20)34-12-15-6-8-17(25)18(26)10-15)22-21(23(31)33-5-2)14(3)29-24-27-13-28-30(22)24/h6-11,13,22H,4-5,12H2,1-3H3,(H,27,28,29). The summed E-state index contributed by atoms with van der Waals surface area (Å²) >= 11 is 12.1. The maximum atomic E-state index is 12.9. The van der Waals surface area contributed by atoms with E-state index in [9.17, 15) is 4.79 Å². The van der Waals surface area contributed by atoms with Gasteiger partial charge >= 0.3 is 5.97 Å². The Bertz CT molecular complexity index is 1240. The highest BCUT2D eigenvalue weighted by Gasteiger charge is 2.34. The summed E-state index contributed by atoms with van der Waals surface area (Å²) < 4.78 is 18.9. The first-order chi connectivity index (χ1) is 16.4. The summed E-state index contributed by atoms with van der Waals surface area (Å²) in [5.41, 5.74) is 2.75. The average molecular weight is 503 g/mol. The molecule has 1 aliphatic rings. The number of fused-ring (bicyclic) bond motifs is 1. The molecular formula is C24H24Cl2N4O4. The molecule has 0 saturated carbocycles. The molecule has 0 radical (unpaired) electrons. The van der Waals surface area contributed by atoms with E-state index in [1.165, 1.54) is 6.33 Å². The molecule has 2 aromatic carbocycles. The lowest BCUT2D eigenvalue weighted by molar-refractivity contribution is -0.139. The van der Waals surface area contributed by atoms with E-state index in [0.717, 1.165) is 11.1 Å². The number of anilines is 1. The molecule has 0 saturated heterocycles. The van der Waals surface area contributed by atoms with Gasteiger partial charge in [0, 0.05) is 5.70 Å². The molecule has 178 valence electrons. The Morgan fingerprint density at radius 1 is 1.06 bits per heavy atom. The number of esters is 1. The summed E-state index contributed by atoms with van der Waals surface area (Å²) in [6.45, 7) is 6.46. The fourth-order valence-corrected chi connectivity index (χ4v) is 4.07. The highest BCUT2D eigenvalue weighted by Crippen LogP contribution is 2.39. The second-order valence-electron chi connectivity index (χ2n) is 7.49. The van der Waals surface area contributed by atoms with Crippen molar-refractivity contribution in [3.05, 3.63) is 75.2 Å². The van der Waals surface area contributed by atoms with Gasteiger partial charge in [0.15, 0.2) is 11.5 Å². The quantitative estimate of drug-likeness (QED) is 0.411. The summed E-state index contributed by atoms with van der Waals surface area (Å²) in [6, 6.07) is 10.3. The van der Waals surface area contributed by atoms with E-state index in [-0.39, 0.29) is 13.2 Å². The molecule has 34 heavy (non-hydrogen) atoms. The number of benzene rings is 2. The number of nitrogens with one attached hydrogen (secondary N) is 1. The first kappa shape index (κ1) is 23.9. The molecule has 4 rings (SSSR count). The maximum absolute atomic E-state index is 12.9. The Kier molecular flexibility index (Phi) is 7.29. The SMILES string of the molecule is CCOC(=O)C1=C(C)Nc2ncnn2C1c1ccc(OCc2ccc(Cl)c(Cl)c2)c(OCC)c1. The minimum Gasteiger partial charge on any atom is -0.490 e. The van der Waals surface area contributed by atoms with E-state index in [1.807, 2.05) is 38.1 Å². The van der Waals surface area contributed by atoms with Crippen molar-refractivity contribution in [2.75, 3.05) is 18.5 Å². The molecule has 1 aliphatic heterocycles. The normalized spacial score (nSPS) is 14.9. The van der Waals surface area contributed by atoms with Crippen LogP contribution in [0, 0.1) is 0 Å². The van der Waals surface area contributed by atoms with Crippen LogP contribution in [0.3, 0.4) is 0 Å². The topological polar surface area (TPSA) is 87.5 Å². The van der Waals surface area contributed by atoms with Gasteiger partial charge in [0.2, 0.25) is 5.95 Å². The fraction of sp³-hybridized carbons (Fsp3) is 0.292. The average Bonchev–Trinajstić information content (AvgIpc) is 3.28. The first-order valence-electron chi connectivity index (χ1n) is 10.8. The molecule has 1 unspecified atom stereocenters. The van der Waals surface area contributed by atoms with Crippen LogP contribution >= 0.6 is 23.2 Å². The van der Waals surface area contributed by atoms with Crippen molar-refractivity contribution in [3.63, 3.8) is 0 Å². The van der Waals surface area contributed by atoms with Crippen LogP contribution in [0.4, 0.5) is 5.95 Å². The van der Waals surface area contributed by atoms with Gasteiger partial charge in [0.1, 0.15) is 19.0 Å². The summed E-state index contributed by atoms with van der Waals surface area (Å²) in [7, 11) is 0. The highest BCUT2D eigenvalue weighted by molar-refractivity contribution is 6.42. The summed E-state index contributed by atoms with van der Waals surface area (Å²) in [5, 5.41) is 8.41. The van der Waals surface area contributed by atoms with Gasteiger partial charge in [0.05, 0.1) is 28.8 Å². The minimum atomic E-state index is -0.541. The Hall–Kier alpha value is -3.23. The predicted octanol–water partition coefficient (Wildman–Crippen LogP) is 5.41. The molecule has 0 aliphatic carbocycles. The van der Waals surface area contributed by atoms with Crippen molar-refractivity contribution in [1.82, 2.24) is 14.8 Å². The van der Waals surface area contributed by atoms with Crippen LogP contribution in [-0.4, -0.2) is 33.9 Å². The largest absolute Gasteiger partial charge is 0.490 e. The predicted molar refractivity (Wildman–Crippen MR) is 130 cm³/mol. The molecule has 3 aromatic rings. The van der Waals surface area contributed by atoms with Gasteiger partial charge in [-0.3, -0.25) is 0 Å². The van der Waals surface area contributed by atoms with E-state index < -0.39 is 12.0 Å². The first-order valence-corrected chi connectivity index (χ1v) is 11.6. The number of aromatic nitrogens is 3. The monoisotopic (exact) mass is 502 g/mol. The summed E-state index contributed by atoms with van der Waals surface area (Å²) in [5.74, 6) is 1.22. The van der Waals surface area contributed by atoms with Gasteiger partial charge in [-0.15, -0.1) is 0 Å². The Morgan fingerprint density at radius 3 is 2.62 bits per heavy atom. The van der Waals surface area contributed by atoms with E-state index in [1.54, 1.807) is 23.7 Å². The molecule has 0 bridgehead atoms. The third-order valence-corrected chi connectivity index (χ3v) is 5.99. The van der Waals surface area contributed by atoms with Gasteiger partial charge in [0.25, 0.3) is 0 Å². The van der Waals surface area contributed by atoms with Gasteiger partial charge < -0.3 is 19.5 Å². The zero-order chi connectivity index (χ0) is 24.2. The molecule has 0 fully saturated rings. The zero-order valence-electron chi connectivity index (χ0n) is 19.0. The number of ether oxygens (including phenoxy) is 3. The second kappa shape index (κ2) is 10.4. The molecule has 2 heterocycles. The number of halogens is 2. The lowest BCUT2D eigenvalue weighted by atomic mass is 9.95. The van der Waals surface area contributed by atoms with Crippen molar-refractivity contribution in [2.45, 2.75) is 33.4 Å². The zero-order valence-corrected chi connectivity index (χ0v) is 20.5. The molecular weight excluding hydrogens is 479 g/mol. The third-order valence-electron chi connectivity index (χ3n) is 5.25. The summed E-state index contributed by atoms with van der Waals surface area (Å²) in [4.78, 5) is 17.1. The minimum absolute atomic E-state index is 0.262. The van der Waals surface area contributed by atoms with E-state index in [0.29, 0.717) is 45.4 Å². The van der Waals surface area contributed by atoms with E-state index in [2.05, 4.69) is 15.4 Å². The van der Waals surface area contributed by atoms with Gasteiger partial charge in [-0.05, 0) is 56.2 Å². The van der Waals surface area contributed by atoms with Crippen LogP contribution in [-0.2, 0) is 16.1 Å². The number of carbonyl (C=O) groups is 1. The number of nitrogens with zero attached hydrogens (tertiary/aromatic N) is 3. The second-order valence-corrected chi connectivity index (χ2v) is 8.31. The Morgan fingerprint density at radius 2 is 1.88 bits per heavy atom. The number of hydrogen-bond donors (Lipinski definition) is 1. The highest BCUT2D eigenvalue weighted by atomic mass is 35.5. The molecule has 0 amide bonds. The Balaban J connectivity index is 1.69. The number of rotatable bonds is 8. The summed E-state index contributed by atoms with van der Waals surface area (Å²) in [6.07, 6.45) is 1.44. The van der Waals surface area contributed by atoms with Crippen molar-refractivity contribution < 1.29 is 19.0 Å². The van der Waals surface area contributed by atoms with Gasteiger partial charge in [-0.1, -0.05) is 35.3 Å². The van der Waals surface area contributed by atoms with Crippen LogP contribution in [0.1, 0.15) is 37.9 Å². The molecule has 8 nitrogen and oxygen atoms in total. The van der Waals surface area contributed by atoms with Crippen LogP contribution in [0.25, 0.3) is 0 Å². The van der Waals surface area contributed by atoms with Crippen LogP contribution in [0.5, 0.6) is 11.5 Å². The van der Waals surface area contributed by atoms with E-state index >= 15 is 0 Å². The molecule has 1 atom stereocenters. The van der Waals surface area contributed by atoms with Crippen molar-refractivity contribution in [1.29, 1.82) is 0 Å². The number of hydrogen-bond acceptors (Lipinski definition) is 7. The van der Waals surface area contributed by atoms with E-state index in [4.69, 9.17) is 37.4 Å². The molecule has 1 aromatic heterocycles. The van der Waals surface area contributed by atoms with Crippen molar-refractivity contribution in [3.8, 4) is 11.5 Å². The van der Waals surface area contributed by atoms with Crippen molar-refractivity contribution >= 4 is 35.1 Å². The third kappa shape index (κ3) is 4.83. The van der Waals surface area contributed by atoms with Crippen LogP contribution in [0.2, 0.25) is 10.0 Å².